The number of piperazine rings is 1. The van der Waals surface area contributed by atoms with Crippen LogP contribution in [0.15, 0.2) is 60.8 Å². The van der Waals surface area contributed by atoms with Crippen LogP contribution >= 0.6 is 0 Å². The molecule has 0 unspecified atom stereocenters. The topological polar surface area (TPSA) is 81.2 Å². The van der Waals surface area contributed by atoms with Crippen LogP contribution in [0.1, 0.15) is 5.56 Å². The summed E-state index contributed by atoms with van der Waals surface area (Å²) in [6.07, 6.45) is 1.96. The molecular formula is C24H26N6O. The van der Waals surface area contributed by atoms with Crippen molar-refractivity contribution in [3.8, 4) is 16.9 Å². The lowest BCUT2D eigenvalue weighted by Gasteiger charge is -2.31. The van der Waals surface area contributed by atoms with Crippen LogP contribution in [0.25, 0.3) is 22.2 Å². The van der Waals surface area contributed by atoms with Crippen LogP contribution in [-0.2, 0) is 6.54 Å². The Morgan fingerprint density at radius 1 is 1.03 bits per heavy atom. The standard InChI is InChI=1S/C24H26N6O/c1-31-19-9-7-17(8-10-19)16-30-24-21(23(25)28-30)22(29-13-11-26-12-14-29)20(15-27-24)18-5-3-2-4-6-18/h2-10,15,26H,11-14,16H2,1H3,(H2,25,28). The van der Waals surface area contributed by atoms with E-state index in [9.17, 15) is 0 Å². The Morgan fingerprint density at radius 2 is 1.77 bits per heavy atom. The monoisotopic (exact) mass is 414 g/mol. The normalized spacial score (nSPS) is 14.2. The van der Waals surface area contributed by atoms with Crippen LogP contribution in [0.2, 0.25) is 0 Å². The number of nitrogens with zero attached hydrogens (tertiary/aromatic N) is 4. The van der Waals surface area contributed by atoms with Gasteiger partial charge in [0.1, 0.15) is 5.75 Å². The minimum atomic E-state index is 0.516. The third-order valence-electron chi connectivity index (χ3n) is 5.77. The van der Waals surface area contributed by atoms with E-state index in [1.54, 1.807) is 7.11 Å². The van der Waals surface area contributed by atoms with Gasteiger partial charge in [0, 0.05) is 37.9 Å². The van der Waals surface area contributed by atoms with Gasteiger partial charge in [-0.3, -0.25) is 0 Å². The van der Waals surface area contributed by atoms with E-state index >= 15 is 0 Å². The van der Waals surface area contributed by atoms with Crippen LogP contribution in [-0.4, -0.2) is 48.1 Å². The quantitative estimate of drug-likeness (QED) is 0.522. The second kappa shape index (κ2) is 8.28. The van der Waals surface area contributed by atoms with Gasteiger partial charge in [-0.05, 0) is 23.3 Å². The molecule has 0 spiro atoms. The summed E-state index contributed by atoms with van der Waals surface area (Å²) in [5, 5.41) is 9.04. The van der Waals surface area contributed by atoms with Crippen LogP contribution in [0, 0.1) is 0 Å². The highest BCUT2D eigenvalue weighted by Gasteiger charge is 2.23. The first-order chi connectivity index (χ1) is 15.2. The van der Waals surface area contributed by atoms with Crippen molar-refractivity contribution in [2.75, 3.05) is 43.9 Å². The minimum Gasteiger partial charge on any atom is -0.497 e. The molecule has 0 saturated carbocycles. The van der Waals surface area contributed by atoms with E-state index in [4.69, 9.17) is 15.5 Å². The Hall–Kier alpha value is -3.58. The van der Waals surface area contributed by atoms with Gasteiger partial charge in [0.05, 0.1) is 24.7 Å². The molecule has 2 aromatic heterocycles. The molecule has 158 valence electrons. The molecule has 1 fully saturated rings. The average Bonchev–Trinajstić information content (AvgIpc) is 3.15. The van der Waals surface area contributed by atoms with Crippen molar-refractivity contribution in [1.29, 1.82) is 0 Å². The maximum atomic E-state index is 6.50. The second-order valence-electron chi connectivity index (χ2n) is 7.71. The van der Waals surface area contributed by atoms with Crippen LogP contribution in [0.5, 0.6) is 5.75 Å². The maximum absolute atomic E-state index is 6.50. The number of fused-ring (bicyclic) bond motifs is 1. The summed E-state index contributed by atoms with van der Waals surface area (Å²) in [7, 11) is 1.67. The Kier molecular flexibility index (Phi) is 5.18. The van der Waals surface area contributed by atoms with Crippen molar-refractivity contribution in [3.63, 3.8) is 0 Å². The zero-order valence-corrected chi connectivity index (χ0v) is 17.6. The molecule has 7 nitrogen and oxygen atoms in total. The van der Waals surface area contributed by atoms with E-state index in [1.165, 1.54) is 0 Å². The van der Waals surface area contributed by atoms with Gasteiger partial charge >= 0.3 is 0 Å². The fourth-order valence-electron chi connectivity index (χ4n) is 4.21. The van der Waals surface area contributed by atoms with Gasteiger partial charge in [0.2, 0.25) is 0 Å². The SMILES string of the molecule is COc1ccc(Cn2nc(N)c3c(N4CCNCC4)c(-c4ccccc4)cnc32)cc1. The number of rotatable bonds is 5. The number of methoxy groups -OCH3 is 1. The molecule has 1 saturated heterocycles. The lowest BCUT2D eigenvalue weighted by Crippen LogP contribution is -2.43. The number of anilines is 2. The number of pyridine rings is 1. The van der Waals surface area contributed by atoms with Gasteiger partial charge in [-0.15, -0.1) is 0 Å². The first kappa shape index (κ1) is 19.4. The van der Waals surface area contributed by atoms with Gasteiger partial charge in [-0.2, -0.15) is 5.10 Å². The third kappa shape index (κ3) is 3.68. The van der Waals surface area contributed by atoms with E-state index in [2.05, 4.69) is 39.6 Å². The summed E-state index contributed by atoms with van der Waals surface area (Å²) in [5.74, 6) is 1.35. The summed E-state index contributed by atoms with van der Waals surface area (Å²) in [4.78, 5) is 7.22. The lowest BCUT2D eigenvalue weighted by molar-refractivity contribution is 0.414. The molecular weight excluding hydrogens is 388 g/mol. The fraction of sp³-hybridized carbons (Fsp3) is 0.250. The molecule has 0 atom stereocenters. The summed E-state index contributed by atoms with van der Waals surface area (Å²) in [6.45, 7) is 4.32. The molecule has 1 aliphatic rings. The molecule has 3 N–H and O–H groups in total. The Labute approximate surface area is 181 Å². The number of nitrogens with one attached hydrogen (secondary N) is 1. The number of nitrogen functional groups attached to an aromatic ring is 1. The molecule has 3 heterocycles. The molecule has 2 aromatic carbocycles. The first-order valence-corrected chi connectivity index (χ1v) is 10.5. The van der Waals surface area contributed by atoms with Crippen molar-refractivity contribution in [2.24, 2.45) is 0 Å². The molecule has 0 amide bonds. The smallest absolute Gasteiger partial charge is 0.162 e. The number of hydrogen-bond donors (Lipinski definition) is 2. The summed E-state index contributed by atoms with van der Waals surface area (Å²) in [5.41, 5.74) is 11.8. The molecule has 31 heavy (non-hydrogen) atoms. The van der Waals surface area contributed by atoms with Crippen LogP contribution in [0.3, 0.4) is 0 Å². The highest BCUT2D eigenvalue weighted by molar-refractivity contribution is 6.04. The average molecular weight is 415 g/mol. The van der Waals surface area contributed by atoms with E-state index < -0.39 is 0 Å². The highest BCUT2D eigenvalue weighted by atomic mass is 16.5. The first-order valence-electron chi connectivity index (χ1n) is 10.5. The fourth-order valence-corrected chi connectivity index (χ4v) is 4.21. The van der Waals surface area contributed by atoms with E-state index in [1.807, 2.05) is 41.2 Å². The number of ether oxygens (including phenoxy) is 1. The number of aromatic nitrogens is 3. The maximum Gasteiger partial charge on any atom is 0.162 e. The van der Waals surface area contributed by atoms with Gasteiger partial charge in [0.15, 0.2) is 11.5 Å². The molecule has 4 aromatic rings. The van der Waals surface area contributed by atoms with Crippen LogP contribution in [0.4, 0.5) is 11.5 Å². The molecule has 0 radical (unpaired) electrons. The highest BCUT2D eigenvalue weighted by Crippen LogP contribution is 2.39. The van der Waals surface area contributed by atoms with E-state index in [0.29, 0.717) is 12.4 Å². The molecule has 0 aliphatic carbocycles. The largest absolute Gasteiger partial charge is 0.497 e. The van der Waals surface area contributed by atoms with Crippen molar-refractivity contribution in [1.82, 2.24) is 20.1 Å². The van der Waals surface area contributed by atoms with E-state index in [0.717, 1.165) is 65.3 Å². The Bertz CT molecular complexity index is 1180. The van der Waals surface area contributed by atoms with Crippen molar-refractivity contribution >= 4 is 22.5 Å². The zero-order chi connectivity index (χ0) is 21.2. The van der Waals surface area contributed by atoms with Gasteiger partial charge in [-0.1, -0.05) is 42.5 Å². The lowest BCUT2D eigenvalue weighted by atomic mass is 10.0. The number of nitrogens with two attached hydrogens (primary N) is 1. The number of benzene rings is 2. The Morgan fingerprint density at radius 3 is 2.48 bits per heavy atom. The minimum absolute atomic E-state index is 0.516. The van der Waals surface area contributed by atoms with Gasteiger partial charge in [0.25, 0.3) is 0 Å². The van der Waals surface area contributed by atoms with Crippen LogP contribution < -0.4 is 20.7 Å². The molecule has 5 rings (SSSR count). The number of hydrogen-bond acceptors (Lipinski definition) is 6. The van der Waals surface area contributed by atoms with Gasteiger partial charge in [-0.25, -0.2) is 9.67 Å². The summed E-state index contributed by atoms with van der Waals surface area (Å²) in [6, 6.07) is 18.4. The third-order valence-corrected chi connectivity index (χ3v) is 5.77. The summed E-state index contributed by atoms with van der Waals surface area (Å²) >= 11 is 0. The van der Waals surface area contributed by atoms with Crippen molar-refractivity contribution in [2.45, 2.75) is 6.54 Å². The predicted molar refractivity (Wildman–Crippen MR) is 125 cm³/mol. The molecule has 7 heteroatoms. The second-order valence-corrected chi connectivity index (χ2v) is 7.71. The molecule has 1 aliphatic heterocycles. The van der Waals surface area contributed by atoms with Gasteiger partial charge < -0.3 is 20.7 Å². The van der Waals surface area contributed by atoms with Crippen molar-refractivity contribution in [3.05, 3.63) is 66.4 Å². The van der Waals surface area contributed by atoms with Crippen molar-refractivity contribution < 1.29 is 4.74 Å². The van der Waals surface area contributed by atoms with E-state index in [-0.39, 0.29) is 0 Å². The summed E-state index contributed by atoms with van der Waals surface area (Å²) < 4.78 is 7.16. The zero-order valence-electron chi connectivity index (χ0n) is 17.6. The predicted octanol–water partition coefficient (Wildman–Crippen LogP) is 3.15. The molecule has 0 bridgehead atoms. The Balaban J connectivity index is 1.64.